The van der Waals surface area contributed by atoms with E-state index < -0.39 is 0 Å². The molecule has 0 saturated carbocycles. The van der Waals surface area contributed by atoms with Gasteiger partial charge in [-0.15, -0.1) is 0 Å². The van der Waals surface area contributed by atoms with Gasteiger partial charge in [0.15, 0.2) is 5.96 Å². The number of hydrogen-bond acceptors (Lipinski definition) is 1. The zero-order chi connectivity index (χ0) is 8.10. The summed E-state index contributed by atoms with van der Waals surface area (Å²) in [6, 6.07) is 0.396. The molecule has 0 spiro atoms. The number of allylic oxidation sites excluding steroid dienone is 1. The van der Waals surface area contributed by atoms with Crippen molar-refractivity contribution < 1.29 is 0 Å². The fourth-order valence-corrected chi connectivity index (χ4v) is 1.19. The van der Waals surface area contributed by atoms with Crippen molar-refractivity contribution in [2.45, 2.75) is 25.3 Å². The first-order chi connectivity index (χ1) is 5.33. The highest BCUT2D eigenvalue weighted by molar-refractivity contribution is 5.78. The van der Waals surface area contributed by atoms with Crippen LogP contribution in [-0.2, 0) is 0 Å². The molecule has 11 heavy (non-hydrogen) atoms. The highest BCUT2D eigenvalue weighted by Crippen LogP contribution is 2.09. The predicted octanol–water partition coefficient (Wildman–Crippen LogP) is 0.629. The molecule has 0 radical (unpaired) electrons. The van der Waals surface area contributed by atoms with Gasteiger partial charge in [0.1, 0.15) is 0 Å². The Morgan fingerprint density at radius 3 is 3.09 bits per heavy atom. The maximum absolute atomic E-state index is 5.51. The van der Waals surface area contributed by atoms with E-state index in [0.29, 0.717) is 12.0 Å². The van der Waals surface area contributed by atoms with Crippen molar-refractivity contribution in [2.75, 3.05) is 7.05 Å². The van der Waals surface area contributed by atoms with E-state index in [4.69, 9.17) is 5.73 Å². The first-order valence-electron chi connectivity index (χ1n) is 3.98. The summed E-state index contributed by atoms with van der Waals surface area (Å²) in [5.41, 5.74) is 5.51. The van der Waals surface area contributed by atoms with E-state index in [1.807, 2.05) is 0 Å². The lowest BCUT2D eigenvalue weighted by atomic mass is 10.0. The van der Waals surface area contributed by atoms with Gasteiger partial charge in [-0.1, -0.05) is 12.2 Å². The van der Waals surface area contributed by atoms with E-state index in [1.54, 1.807) is 7.05 Å². The molecule has 1 aliphatic carbocycles. The Hall–Kier alpha value is -0.990. The molecule has 0 bridgehead atoms. The number of nitrogens with two attached hydrogens (primary N) is 1. The summed E-state index contributed by atoms with van der Waals surface area (Å²) < 4.78 is 0. The van der Waals surface area contributed by atoms with Gasteiger partial charge in [-0.25, -0.2) is 0 Å². The lowest BCUT2D eigenvalue weighted by Gasteiger charge is -2.17. The molecule has 3 heteroatoms. The van der Waals surface area contributed by atoms with E-state index in [0.717, 1.165) is 6.42 Å². The number of rotatable bonds is 1. The monoisotopic (exact) mass is 153 g/mol. The summed E-state index contributed by atoms with van der Waals surface area (Å²) in [5, 5.41) is 3.11. The van der Waals surface area contributed by atoms with Crippen molar-refractivity contribution in [1.29, 1.82) is 0 Å². The first-order valence-corrected chi connectivity index (χ1v) is 3.98. The minimum absolute atomic E-state index is 0.396. The van der Waals surface area contributed by atoms with Gasteiger partial charge in [-0.05, 0) is 19.3 Å². The van der Waals surface area contributed by atoms with E-state index in [2.05, 4.69) is 22.5 Å². The van der Waals surface area contributed by atoms with Gasteiger partial charge in [-0.2, -0.15) is 0 Å². The predicted molar refractivity (Wildman–Crippen MR) is 47.5 cm³/mol. The van der Waals surface area contributed by atoms with Crippen molar-refractivity contribution in [3.05, 3.63) is 12.2 Å². The van der Waals surface area contributed by atoms with Gasteiger partial charge < -0.3 is 11.1 Å². The molecule has 0 amide bonds. The summed E-state index contributed by atoms with van der Waals surface area (Å²) in [4.78, 5) is 3.83. The SMILES string of the molecule is CN=C(N)NC1C=CCCC1. The molecule has 3 N–H and O–H groups in total. The number of guanidine groups is 1. The van der Waals surface area contributed by atoms with Crippen molar-refractivity contribution in [2.24, 2.45) is 10.7 Å². The Morgan fingerprint density at radius 1 is 1.73 bits per heavy atom. The minimum Gasteiger partial charge on any atom is -0.370 e. The van der Waals surface area contributed by atoms with Crippen LogP contribution in [0.3, 0.4) is 0 Å². The molecular formula is C8H15N3. The second-order valence-corrected chi connectivity index (χ2v) is 2.72. The smallest absolute Gasteiger partial charge is 0.188 e. The van der Waals surface area contributed by atoms with E-state index >= 15 is 0 Å². The Bertz CT molecular complexity index is 172. The molecule has 0 heterocycles. The van der Waals surface area contributed by atoms with Crippen LogP contribution in [0.4, 0.5) is 0 Å². The summed E-state index contributed by atoms with van der Waals surface area (Å²) >= 11 is 0. The Balaban J connectivity index is 2.36. The topological polar surface area (TPSA) is 50.4 Å². The van der Waals surface area contributed by atoms with Crippen LogP contribution < -0.4 is 11.1 Å². The molecule has 3 nitrogen and oxygen atoms in total. The van der Waals surface area contributed by atoms with Crippen molar-refractivity contribution in [3.63, 3.8) is 0 Å². The average molecular weight is 153 g/mol. The van der Waals surface area contributed by atoms with Crippen LogP contribution in [0.25, 0.3) is 0 Å². The van der Waals surface area contributed by atoms with Crippen LogP contribution in [-0.4, -0.2) is 19.0 Å². The second kappa shape index (κ2) is 4.01. The Labute approximate surface area is 67.4 Å². The van der Waals surface area contributed by atoms with Gasteiger partial charge in [0, 0.05) is 13.1 Å². The molecule has 0 saturated heterocycles. The largest absolute Gasteiger partial charge is 0.370 e. The lowest BCUT2D eigenvalue weighted by molar-refractivity contribution is 0.598. The zero-order valence-corrected chi connectivity index (χ0v) is 6.88. The molecule has 0 aromatic rings. The third-order valence-electron chi connectivity index (χ3n) is 1.83. The molecule has 0 aromatic carbocycles. The van der Waals surface area contributed by atoms with E-state index in [1.165, 1.54) is 12.8 Å². The van der Waals surface area contributed by atoms with E-state index in [9.17, 15) is 0 Å². The molecule has 0 aromatic heterocycles. The highest BCUT2D eigenvalue weighted by Gasteiger charge is 2.07. The maximum atomic E-state index is 5.51. The number of aliphatic imine (C=N–C) groups is 1. The zero-order valence-electron chi connectivity index (χ0n) is 6.88. The fraction of sp³-hybridized carbons (Fsp3) is 0.625. The van der Waals surface area contributed by atoms with Crippen LogP contribution in [0.15, 0.2) is 17.1 Å². The number of hydrogen-bond donors (Lipinski definition) is 2. The molecular weight excluding hydrogens is 138 g/mol. The van der Waals surface area contributed by atoms with Crippen molar-refractivity contribution in [3.8, 4) is 0 Å². The molecule has 1 aliphatic rings. The Morgan fingerprint density at radius 2 is 2.55 bits per heavy atom. The summed E-state index contributed by atoms with van der Waals surface area (Å²) in [7, 11) is 1.69. The van der Waals surface area contributed by atoms with Crippen LogP contribution >= 0.6 is 0 Å². The standard InChI is InChI=1S/C8H15N3/c1-10-8(9)11-7-5-3-2-4-6-7/h3,5,7H,2,4,6H2,1H3,(H3,9,10,11). The normalized spacial score (nSPS) is 25.2. The van der Waals surface area contributed by atoms with Crippen LogP contribution in [0.5, 0.6) is 0 Å². The molecule has 0 aliphatic heterocycles. The number of nitrogens with zero attached hydrogens (tertiary/aromatic N) is 1. The summed E-state index contributed by atoms with van der Waals surface area (Å²) in [6.07, 6.45) is 7.94. The van der Waals surface area contributed by atoms with Gasteiger partial charge in [-0.3, -0.25) is 4.99 Å². The van der Waals surface area contributed by atoms with Crippen LogP contribution in [0.2, 0.25) is 0 Å². The third-order valence-corrected chi connectivity index (χ3v) is 1.83. The van der Waals surface area contributed by atoms with Crippen molar-refractivity contribution >= 4 is 5.96 Å². The minimum atomic E-state index is 0.396. The van der Waals surface area contributed by atoms with Gasteiger partial charge in [0.2, 0.25) is 0 Å². The quantitative estimate of drug-likeness (QED) is 0.330. The van der Waals surface area contributed by atoms with Gasteiger partial charge >= 0.3 is 0 Å². The maximum Gasteiger partial charge on any atom is 0.188 e. The third kappa shape index (κ3) is 2.62. The van der Waals surface area contributed by atoms with Gasteiger partial charge in [0.05, 0.1) is 0 Å². The van der Waals surface area contributed by atoms with Crippen LogP contribution in [0.1, 0.15) is 19.3 Å². The van der Waals surface area contributed by atoms with E-state index in [-0.39, 0.29) is 0 Å². The highest BCUT2D eigenvalue weighted by atomic mass is 15.1. The fourth-order valence-electron chi connectivity index (χ4n) is 1.19. The second-order valence-electron chi connectivity index (χ2n) is 2.72. The number of nitrogens with one attached hydrogen (secondary N) is 1. The first kappa shape index (κ1) is 8.11. The van der Waals surface area contributed by atoms with Crippen molar-refractivity contribution in [1.82, 2.24) is 5.32 Å². The van der Waals surface area contributed by atoms with Crippen LogP contribution in [0, 0.1) is 0 Å². The lowest BCUT2D eigenvalue weighted by Crippen LogP contribution is -2.39. The Kier molecular flexibility index (Phi) is 2.95. The molecule has 1 unspecified atom stereocenters. The van der Waals surface area contributed by atoms with Gasteiger partial charge in [0.25, 0.3) is 0 Å². The molecule has 62 valence electrons. The summed E-state index contributed by atoms with van der Waals surface area (Å²) in [5.74, 6) is 0.529. The molecule has 1 atom stereocenters. The average Bonchev–Trinajstić information content (AvgIpc) is 2.06. The molecule has 0 fully saturated rings. The summed E-state index contributed by atoms with van der Waals surface area (Å²) in [6.45, 7) is 0. The molecule has 1 rings (SSSR count).